The number of nitrogens with one attached hydrogen (secondary N) is 1. The van der Waals surface area contributed by atoms with E-state index in [-0.39, 0.29) is 6.42 Å². The number of benzene rings is 3. The Morgan fingerprint density at radius 2 is 1.25 bits per heavy atom. The monoisotopic (exact) mass is 447 g/mol. The van der Waals surface area contributed by atoms with Gasteiger partial charge in [0.1, 0.15) is 11.9 Å². The molecule has 0 spiro atoms. The van der Waals surface area contributed by atoms with Gasteiger partial charge in [-0.1, -0.05) is 91.0 Å². The summed E-state index contributed by atoms with van der Waals surface area (Å²) in [5.41, 5.74) is 2.55. The molecule has 0 aliphatic rings. The summed E-state index contributed by atoms with van der Waals surface area (Å²) in [6.45, 7) is 5.45. The van der Waals surface area contributed by atoms with E-state index in [2.05, 4.69) is 41.7 Å². The van der Waals surface area contributed by atoms with Crippen LogP contribution in [0.3, 0.4) is 0 Å². The summed E-state index contributed by atoms with van der Waals surface area (Å²) in [7, 11) is 0. The summed E-state index contributed by atoms with van der Waals surface area (Å²) < 4.78 is 4.82. The van der Waals surface area contributed by atoms with Crippen LogP contribution in [0.5, 0.6) is 0 Å². The Bertz CT molecular complexity index is 905. The number of carbonyl (C=O) groups is 2. The zero-order valence-electron chi connectivity index (χ0n) is 18.7. The quantitative estimate of drug-likeness (QED) is 0.256. The lowest BCUT2D eigenvalue weighted by Gasteiger charge is -2.38. The van der Waals surface area contributed by atoms with Crippen molar-refractivity contribution in [2.75, 3.05) is 0 Å². The second-order valence-corrected chi connectivity index (χ2v) is 9.85. The van der Waals surface area contributed by atoms with Crippen molar-refractivity contribution in [3.63, 3.8) is 0 Å². The van der Waals surface area contributed by atoms with Crippen LogP contribution in [-0.2, 0) is 14.3 Å². The highest BCUT2D eigenvalue weighted by molar-refractivity contribution is 8.01. The molecule has 0 heterocycles. The zero-order chi connectivity index (χ0) is 23.0. The number of ether oxygens (including phenoxy) is 1. The first-order valence-electron chi connectivity index (χ1n) is 10.6. The molecule has 1 amide bonds. The topological polar surface area (TPSA) is 55.4 Å². The van der Waals surface area contributed by atoms with Crippen molar-refractivity contribution in [3.8, 4) is 0 Å². The van der Waals surface area contributed by atoms with Gasteiger partial charge in [0.05, 0.1) is 10.1 Å². The molecule has 0 aromatic heterocycles. The Morgan fingerprint density at radius 3 is 1.59 bits per heavy atom. The van der Waals surface area contributed by atoms with Crippen molar-refractivity contribution in [2.24, 2.45) is 0 Å². The predicted molar refractivity (Wildman–Crippen MR) is 131 cm³/mol. The third kappa shape index (κ3) is 5.80. The number of aldehydes is 1. The zero-order valence-corrected chi connectivity index (χ0v) is 19.5. The van der Waals surface area contributed by atoms with Crippen LogP contribution in [0.25, 0.3) is 0 Å². The fourth-order valence-electron chi connectivity index (χ4n) is 3.60. The number of rotatable bonds is 8. The number of thioether (sulfide) groups is 1. The van der Waals surface area contributed by atoms with Gasteiger partial charge in [-0.25, -0.2) is 4.79 Å². The van der Waals surface area contributed by atoms with Gasteiger partial charge in [0, 0.05) is 6.42 Å². The Hall–Kier alpha value is -3.05. The molecule has 0 unspecified atom stereocenters. The molecule has 0 fully saturated rings. The Balaban J connectivity index is 2.13. The minimum atomic E-state index is -0.646. The van der Waals surface area contributed by atoms with Crippen molar-refractivity contribution in [1.29, 1.82) is 0 Å². The van der Waals surface area contributed by atoms with Crippen LogP contribution >= 0.6 is 11.8 Å². The summed E-state index contributed by atoms with van der Waals surface area (Å²) >= 11 is 1.53. The van der Waals surface area contributed by atoms with Crippen molar-refractivity contribution >= 4 is 24.1 Å². The Morgan fingerprint density at radius 1 is 0.844 bits per heavy atom. The summed E-state index contributed by atoms with van der Waals surface area (Å²) in [5.74, 6) is 0. The van der Waals surface area contributed by atoms with Crippen LogP contribution < -0.4 is 5.32 Å². The third-order valence-corrected chi connectivity index (χ3v) is 6.50. The molecule has 1 atom stereocenters. The van der Waals surface area contributed by atoms with Gasteiger partial charge in [0.2, 0.25) is 0 Å². The van der Waals surface area contributed by atoms with E-state index in [1.165, 1.54) is 11.8 Å². The largest absolute Gasteiger partial charge is 0.444 e. The van der Waals surface area contributed by atoms with Crippen LogP contribution in [0.1, 0.15) is 43.9 Å². The maximum atomic E-state index is 12.6. The molecule has 4 nitrogen and oxygen atoms in total. The molecule has 0 saturated carbocycles. The molecule has 3 aromatic rings. The first-order chi connectivity index (χ1) is 15.3. The molecule has 3 rings (SSSR count). The van der Waals surface area contributed by atoms with Crippen molar-refractivity contribution in [3.05, 3.63) is 108 Å². The molecule has 32 heavy (non-hydrogen) atoms. The van der Waals surface area contributed by atoms with Crippen LogP contribution in [0.2, 0.25) is 0 Å². The van der Waals surface area contributed by atoms with Gasteiger partial charge in [-0.15, -0.1) is 11.8 Å². The molecule has 0 radical (unpaired) electrons. The number of hydrogen-bond acceptors (Lipinski definition) is 4. The van der Waals surface area contributed by atoms with E-state index in [1.807, 2.05) is 75.4 Å². The highest BCUT2D eigenvalue weighted by Crippen LogP contribution is 2.50. The maximum absolute atomic E-state index is 12.6. The Labute approximate surface area is 194 Å². The molecule has 0 aliphatic carbocycles. The molecule has 0 bridgehead atoms. The van der Waals surface area contributed by atoms with E-state index >= 15 is 0 Å². The van der Waals surface area contributed by atoms with Gasteiger partial charge in [0.15, 0.2) is 0 Å². The molecular weight excluding hydrogens is 418 g/mol. The number of carbonyl (C=O) groups excluding carboxylic acids is 2. The van der Waals surface area contributed by atoms with E-state index in [0.29, 0.717) is 0 Å². The molecule has 1 N–H and O–H groups in total. The predicted octanol–water partition coefficient (Wildman–Crippen LogP) is 6.15. The average molecular weight is 448 g/mol. The van der Waals surface area contributed by atoms with Gasteiger partial charge in [-0.2, -0.15) is 0 Å². The van der Waals surface area contributed by atoms with Gasteiger partial charge >= 0.3 is 6.09 Å². The standard InChI is InChI=1S/C27H29NO3S/c1-26(2,3)31-25(30)28-24(19-20-29)32-27(21-13-7-4-8-14-21,22-15-9-5-10-16-22)23-17-11-6-12-18-23/h4-18,20,24H,19H2,1-3H3,(H,28,30)/t24-/m1/s1. The lowest BCUT2D eigenvalue weighted by Crippen LogP contribution is -2.41. The van der Waals surface area contributed by atoms with E-state index < -0.39 is 21.8 Å². The lowest BCUT2D eigenvalue weighted by molar-refractivity contribution is -0.107. The molecule has 166 valence electrons. The third-order valence-electron chi connectivity index (χ3n) is 4.85. The highest BCUT2D eigenvalue weighted by atomic mass is 32.2. The summed E-state index contributed by atoms with van der Waals surface area (Å²) in [4.78, 5) is 24.1. The molecule has 3 aromatic carbocycles. The first-order valence-corrected chi connectivity index (χ1v) is 11.5. The SMILES string of the molecule is CC(C)(C)OC(=O)N[C@@H](CC=O)SC(c1ccccc1)(c1ccccc1)c1ccccc1. The second-order valence-electron chi connectivity index (χ2n) is 8.43. The van der Waals surface area contributed by atoms with Crippen molar-refractivity contribution in [2.45, 2.75) is 42.9 Å². The van der Waals surface area contributed by atoms with Crippen LogP contribution in [0, 0.1) is 0 Å². The lowest BCUT2D eigenvalue weighted by atomic mass is 9.84. The normalized spacial score (nSPS) is 12.6. The Kier molecular flexibility index (Phi) is 7.75. The van der Waals surface area contributed by atoms with Gasteiger partial charge in [-0.05, 0) is 37.5 Å². The van der Waals surface area contributed by atoms with Gasteiger partial charge < -0.3 is 14.8 Å². The fraction of sp³-hybridized carbons (Fsp3) is 0.259. The summed E-state index contributed by atoms with van der Waals surface area (Å²) in [5, 5.41) is 2.41. The number of amides is 1. The molecule has 0 saturated heterocycles. The van der Waals surface area contributed by atoms with E-state index in [9.17, 15) is 9.59 Å². The molecule has 0 aliphatic heterocycles. The van der Waals surface area contributed by atoms with Crippen molar-refractivity contribution < 1.29 is 14.3 Å². The average Bonchev–Trinajstić information content (AvgIpc) is 2.78. The summed E-state index contributed by atoms with van der Waals surface area (Å²) in [6, 6.07) is 30.5. The highest BCUT2D eigenvalue weighted by Gasteiger charge is 2.40. The minimum absolute atomic E-state index is 0.151. The van der Waals surface area contributed by atoms with Gasteiger partial charge in [0.25, 0.3) is 0 Å². The first kappa shape index (κ1) is 23.6. The number of alkyl carbamates (subject to hydrolysis) is 1. The van der Waals surface area contributed by atoms with Crippen LogP contribution in [0.4, 0.5) is 4.79 Å². The van der Waals surface area contributed by atoms with Crippen molar-refractivity contribution in [1.82, 2.24) is 5.32 Å². The molecular formula is C27H29NO3S. The van der Waals surface area contributed by atoms with E-state index in [4.69, 9.17) is 4.74 Å². The van der Waals surface area contributed by atoms with Gasteiger partial charge in [-0.3, -0.25) is 0 Å². The van der Waals surface area contributed by atoms with E-state index in [0.717, 1.165) is 23.0 Å². The van der Waals surface area contributed by atoms with Crippen LogP contribution in [-0.4, -0.2) is 23.4 Å². The smallest absolute Gasteiger partial charge is 0.408 e. The number of hydrogen-bond donors (Lipinski definition) is 1. The van der Waals surface area contributed by atoms with Crippen LogP contribution in [0.15, 0.2) is 91.0 Å². The summed E-state index contributed by atoms with van der Waals surface area (Å²) in [6.07, 6.45) is 0.443. The minimum Gasteiger partial charge on any atom is -0.444 e. The maximum Gasteiger partial charge on any atom is 0.408 e. The van der Waals surface area contributed by atoms with E-state index in [1.54, 1.807) is 0 Å². The fourth-order valence-corrected chi connectivity index (χ4v) is 5.17. The second kappa shape index (κ2) is 10.5. The molecule has 5 heteroatoms.